The van der Waals surface area contributed by atoms with Gasteiger partial charge in [0.2, 0.25) is 0 Å². The summed E-state index contributed by atoms with van der Waals surface area (Å²) in [5.41, 5.74) is 1.41. The van der Waals surface area contributed by atoms with Crippen LogP contribution in [-0.2, 0) is 6.54 Å². The van der Waals surface area contributed by atoms with E-state index in [4.69, 9.17) is 0 Å². The number of aromatic nitrogens is 1. The van der Waals surface area contributed by atoms with Gasteiger partial charge in [-0.3, -0.25) is 0 Å². The molecule has 0 spiro atoms. The maximum absolute atomic E-state index is 11.3. The molecular weight excluding hydrogens is 226 g/mol. The number of nitrogens with zero attached hydrogens (tertiary/aromatic N) is 1. The molecule has 0 saturated carbocycles. The highest BCUT2D eigenvalue weighted by Crippen LogP contribution is 2.23. The summed E-state index contributed by atoms with van der Waals surface area (Å²) in [5, 5.41) is 10.3. The molecule has 0 aliphatic carbocycles. The first-order valence-corrected chi connectivity index (χ1v) is 6.48. The zero-order valence-electron chi connectivity index (χ0n) is 10.9. The van der Waals surface area contributed by atoms with Gasteiger partial charge in [-0.1, -0.05) is 44.9 Å². The number of carboxylic acids is 1. The summed E-state index contributed by atoms with van der Waals surface area (Å²) in [7, 11) is 0. The van der Waals surface area contributed by atoms with Gasteiger partial charge in [-0.15, -0.1) is 0 Å². The first kappa shape index (κ1) is 12.7. The summed E-state index contributed by atoms with van der Waals surface area (Å²) < 4.78 is 1.94. The Labute approximate surface area is 107 Å². The van der Waals surface area contributed by atoms with Gasteiger partial charge in [0.1, 0.15) is 5.69 Å². The van der Waals surface area contributed by atoms with Crippen LogP contribution in [0.3, 0.4) is 0 Å². The Balaban J connectivity index is 2.51. The molecule has 2 rings (SSSR count). The third kappa shape index (κ3) is 2.26. The van der Waals surface area contributed by atoms with Crippen LogP contribution in [0.1, 0.15) is 37.2 Å². The Kier molecular flexibility index (Phi) is 3.70. The van der Waals surface area contributed by atoms with Gasteiger partial charge in [-0.05, 0) is 18.1 Å². The van der Waals surface area contributed by atoms with Crippen molar-refractivity contribution >= 4 is 16.9 Å². The van der Waals surface area contributed by atoms with Gasteiger partial charge in [0.05, 0.1) is 0 Å². The summed E-state index contributed by atoms with van der Waals surface area (Å²) in [5.74, 6) is -0.323. The van der Waals surface area contributed by atoms with Gasteiger partial charge in [-0.25, -0.2) is 4.79 Å². The zero-order chi connectivity index (χ0) is 13.1. The third-order valence-electron chi connectivity index (χ3n) is 3.63. The highest BCUT2D eigenvalue weighted by Gasteiger charge is 2.16. The lowest BCUT2D eigenvalue weighted by atomic mass is 10.0. The van der Waals surface area contributed by atoms with Crippen LogP contribution >= 0.6 is 0 Å². The van der Waals surface area contributed by atoms with E-state index in [1.165, 1.54) is 0 Å². The van der Waals surface area contributed by atoms with Crippen LogP contribution < -0.4 is 0 Å². The molecule has 1 aromatic heterocycles. The Bertz CT molecular complexity index is 553. The number of hydrogen-bond donors (Lipinski definition) is 1. The molecule has 0 unspecified atom stereocenters. The average Bonchev–Trinajstić information content (AvgIpc) is 2.75. The Morgan fingerprint density at radius 2 is 1.94 bits per heavy atom. The minimum absolute atomic E-state index is 0.392. The molecule has 0 fully saturated rings. The molecule has 0 atom stereocenters. The molecule has 1 N–H and O–H groups in total. The lowest BCUT2D eigenvalue weighted by Gasteiger charge is -2.16. The lowest BCUT2D eigenvalue weighted by Crippen LogP contribution is -2.14. The highest BCUT2D eigenvalue weighted by atomic mass is 16.4. The van der Waals surface area contributed by atoms with E-state index in [-0.39, 0.29) is 0 Å². The van der Waals surface area contributed by atoms with Crippen LogP contribution in [0.25, 0.3) is 10.9 Å². The number of rotatable bonds is 5. The van der Waals surface area contributed by atoms with Gasteiger partial charge in [0, 0.05) is 17.4 Å². The quantitative estimate of drug-likeness (QED) is 0.871. The maximum atomic E-state index is 11.3. The molecule has 1 heterocycles. The fourth-order valence-corrected chi connectivity index (χ4v) is 2.39. The minimum Gasteiger partial charge on any atom is -0.477 e. The lowest BCUT2D eigenvalue weighted by molar-refractivity contribution is 0.0684. The van der Waals surface area contributed by atoms with Crippen molar-refractivity contribution in [1.82, 2.24) is 4.57 Å². The van der Waals surface area contributed by atoms with Crippen molar-refractivity contribution in [2.24, 2.45) is 5.92 Å². The van der Waals surface area contributed by atoms with Crippen molar-refractivity contribution in [3.8, 4) is 0 Å². The summed E-state index contributed by atoms with van der Waals surface area (Å²) in [6, 6.07) is 9.61. The molecule has 3 nitrogen and oxygen atoms in total. The first-order valence-electron chi connectivity index (χ1n) is 6.48. The number of carbonyl (C=O) groups is 1. The van der Waals surface area contributed by atoms with Crippen LogP contribution in [0, 0.1) is 5.92 Å². The number of aromatic carboxylic acids is 1. The monoisotopic (exact) mass is 245 g/mol. The third-order valence-corrected chi connectivity index (χ3v) is 3.63. The molecule has 0 amide bonds. The van der Waals surface area contributed by atoms with E-state index in [1.807, 2.05) is 28.8 Å². The molecule has 2 aromatic rings. The zero-order valence-corrected chi connectivity index (χ0v) is 10.9. The summed E-state index contributed by atoms with van der Waals surface area (Å²) >= 11 is 0. The second-order valence-corrected chi connectivity index (χ2v) is 4.69. The van der Waals surface area contributed by atoms with Gasteiger partial charge in [0.25, 0.3) is 0 Å². The SMILES string of the molecule is CCC(CC)Cn1c(C(=O)O)cc2ccccc21. The number of fused-ring (bicyclic) bond motifs is 1. The van der Waals surface area contributed by atoms with Crippen molar-refractivity contribution < 1.29 is 9.90 Å². The Morgan fingerprint density at radius 3 is 2.56 bits per heavy atom. The molecule has 0 bridgehead atoms. The van der Waals surface area contributed by atoms with Crippen molar-refractivity contribution in [3.63, 3.8) is 0 Å². The summed E-state index contributed by atoms with van der Waals surface area (Å²) in [6.45, 7) is 5.09. The molecule has 0 aliphatic rings. The Hall–Kier alpha value is -1.77. The van der Waals surface area contributed by atoms with Crippen molar-refractivity contribution in [3.05, 3.63) is 36.0 Å². The molecule has 3 heteroatoms. The fourth-order valence-electron chi connectivity index (χ4n) is 2.39. The van der Waals surface area contributed by atoms with E-state index in [0.29, 0.717) is 11.6 Å². The average molecular weight is 245 g/mol. The number of para-hydroxylation sites is 1. The maximum Gasteiger partial charge on any atom is 0.352 e. The molecule has 0 aliphatic heterocycles. The highest BCUT2D eigenvalue weighted by molar-refractivity contribution is 5.94. The number of carboxylic acid groups (broad SMARTS) is 1. The van der Waals surface area contributed by atoms with E-state index in [1.54, 1.807) is 6.07 Å². The topological polar surface area (TPSA) is 42.2 Å². The normalized spacial score (nSPS) is 11.3. The van der Waals surface area contributed by atoms with E-state index < -0.39 is 5.97 Å². The van der Waals surface area contributed by atoms with Crippen LogP contribution in [0.2, 0.25) is 0 Å². The second-order valence-electron chi connectivity index (χ2n) is 4.69. The van der Waals surface area contributed by atoms with Crippen LogP contribution in [0.4, 0.5) is 0 Å². The molecular formula is C15H19NO2. The van der Waals surface area contributed by atoms with Gasteiger partial charge in [-0.2, -0.15) is 0 Å². The minimum atomic E-state index is -0.850. The second kappa shape index (κ2) is 5.25. The summed E-state index contributed by atoms with van der Waals surface area (Å²) in [4.78, 5) is 11.3. The van der Waals surface area contributed by atoms with Crippen LogP contribution in [0.5, 0.6) is 0 Å². The van der Waals surface area contributed by atoms with Gasteiger partial charge in [0.15, 0.2) is 0 Å². The largest absolute Gasteiger partial charge is 0.477 e. The fraction of sp³-hybridized carbons (Fsp3) is 0.400. The molecule has 1 aromatic carbocycles. The van der Waals surface area contributed by atoms with E-state index in [2.05, 4.69) is 13.8 Å². The Morgan fingerprint density at radius 1 is 1.28 bits per heavy atom. The molecule has 0 saturated heterocycles. The van der Waals surface area contributed by atoms with Gasteiger partial charge < -0.3 is 9.67 Å². The van der Waals surface area contributed by atoms with Crippen molar-refractivity contribution in [2.45, 2.75) is 33.2 Å². The predicted molar refractivity (Wildman–Crippen MR) is 73.0 cm³/mol. The molecule has 18 heavy (non-hydrogen) atoms. The van der Waals surface area contributed by atoms with E-state index >= 15 is 0 Å². The summed E-state index contributed by atoms with van der Waals surface area (Å²) in [6.07, 6.45) is 2.14. The predicted octanol–water partition coefficient (Wildman–Crippen LogP) is 3.78. The molecule has 96 valence electrons. The van der Waals surface area contributed by atoms with Crippen molar-refractivity contribution in [1.29, 1.82) is 0 Å². The van der Waals surface area contributed by atoms with Crippen LogP contribution in [-0.4, -0.2) is 15.6 Å². The number of benzene rings is 1. The molecule has 0 radical (unpaired) electrons. The standard InChI is InChI=1S/C15H19NO2/c1-3-11(4-2)10-16-13-8-6-5-7-12(13)9-14(16)15(17)18/h5-9,11H,3-4,10H2,1-2H3,(H,17,18). The first-order chi connectivity index (χ1) is 8.67. The van der Waals surface area contributed by atoms with Crippen LogP contribution in [0.15, 0.2) is 30.3 Å². The van der Waals surface area contributed by atoms with E-state index in [9.17, 15) is 9.90 Å². The smallest absolute Gasteiger partial charge is 0.352 e. The van der Waals surface area contributed by atoms with Crippen molar-refractivity contribution in [2.75, 3.05) is 0 Å². The van der Waals surface area contributed by atoms with E-state index in [0.717, 1.165) is 30.3 Å². The number of hydrogen-bond acceptors (Lipinski definition) is 1. The van der Waals surface area contributed by atoms with Gasteiger partial charge >= 0.3 is 5.97 Å².